The summed E-state index contributed by atoms with van der Waals surface area (Å²) in [6.45, 7) is 0. The summed E-state index contributed by atoms with van der Waals surface area (Å²) >= 11 is 0.811. The van der Waals surface area contributed by atoms with Crippen LogP contribution in [0.5, 0.6) is 0 Å². The minimum absolute atomic E-state index is 0.114. The molecule has 0 saturated heterocycles. The number of anilines is 2. The first-order chi connectivity index (χ1) is 9.44. The molecule has 1 heterocycles. The van der Waals surface area contributed by atoms with Gasteiger partial charge in [-0.25, -0.2) is 8.42 Å². The number of hydrogen-bond donors (Lipinski definition) is 2. The summed E-state index contributed by atoms with van der Waals surface area (Å²) in [7, 11) is -2.33. The molecule has 0 radical (unpaired) electrons. The lowest BCUT2D eigenvalue weighted by Crippen LogP contribution is -2.11. The van der Waals surface area contributed by atoms with E-state index in [-0.39, 0.29) is 14.9 Å². The van der Waals surface area contributed by atoms with E-state index in [1.165, 1.54) is 7.05 Å². The van der Waals surface area contributed by atoms with Gasteiger partial charge in [-0.3, -0.25) is 14.8 Å². The lowest BCUT2D eigenvalue weighted by atomic mass is 10.3. The zero-order chi connectivity index (χ0) is 14.8. The van der Waals surface area contributed by atoms with Crippen molar-refractivity contribution in [1.29, 1.82) is 0 Å². The highest BCUT2D eigenvalue weighted by atomic mass is 32.2. The summed E-state index contributed by atoms with van der Waals surface area (Å²) in [5.41, 5.74) is 0.139. The molecule has 0 amide bonds. The molecule has 0 aliphatic heterocycles. The SMILES string of the molecule is CNc1sc(S(=O)(=O)Nc2ccccc2)cc1[N+](=O)[O-]. The van der Waals surface area contributed by atoms with Crippen LogP contribution in [0, 0.1) is 10.1 Å². The van der Waals surface area contributed by atoms with Crippen LogP contribution in [0.1, 0.15) is 0 Å². The Morgan fingerprint density at radius 2 is 1.90 bits per heavy atom. The smallest absolute Gasteiger partial charge is 0.304 e. The number of nitrogens with one attached hydrogen (secondary N) is 2. The number of thiophene rings is 1. The molecule has 1 aromatic heterocycles. The molecule has 2 aromatic rings. The van der Waals surface area contributed by atoms with Crippen molar-refractivity contribution in [1.82, 2.24) is 0 Å². The van der Waals surface area contributed by atoms with Crippen LogP contribution in [-0.2, 0) is 10.0 Å². The first kappa shape index (κ1) is 14.3. The van der Waals surface area contributed by atoms with Crippen LogP contribution in [0.4, 0.5) is 16.4 Å². The Balaban J connectivity index is 2.37. The van der Waals surface area contributed by atoms with E-state index in [0.717, 1.165) is 17.4 Å². The number of hydrogen-bond acceptors (Lipinski definition) is 6. The second-order valence-corrected chi connectivity index (χ2v) is 6.72. The fourth-order valence-corrected chi connectivity index (χ4v) is 3.86. The Bertz CT molecular complexity index is 725. The van der Waals surface area contributed by atoms with Crippen molar-refractivity contribution in [2.24, 2.45) is 0 Å². The molecule has 0 atom stereocenters. The molecule has 0 aliphatic carbocycles. The fourth-order valence-electron chi connectivity index (χ4n) is 1.52. The van der Waals surface area contributed by atoms with Crippen molar-refractivity contribution in [3.8, 4) is 0 Å². The molecule has 0 aliphatic rings. The Morgan fingerprint density at radius 3 is 2.40 bits per heavy atom. The highest BCUT2D eigenvalue weighted by Crippen LogP contribution is 2.37. The predicted molar refractivity (Wildman–Crippen MR) is 77.8 cm³/mol. The van der Waals surface area contributed by atoms with E-state index in [9.17, 15) is 18.5 Å². The maximum Gasteiger partial charge on any atom is 0.304 e. The molecular weight excluding hydrogens is 302 g/mol. The average molecular weight is 313 g/mol. The van der Waals surface area contributed by atoms with E-state index in [2.05, 4.69) is 10.0 Å². The van der Waals surface area contributed by atoms with Gasteiger partial charge in [0.1, 0.15) is 4.21 Å². The topological polar surface area (TPSA) is 101 Å². The largest absolute Gasteiger partial charge is 0.374 e. The molecule has 1 aromatic carbocycles. The van der Waals surface area contributed by atoms with Crippen molar-refractivity contribution in [2.45, 2.75) is 4.21 Å². The minimum atomic E-state index is -3.83. The van der Waals surface area contributed by atoms with Gasteiger partial charge in [0.05, 0.1) is 4.92 Å². The van der Waals surface area contributed by atoms with Crippen molar-refractivity contribution in [3.63, 3.8) is 0 Å². The van der Waals surface area contributed by atoms with E-state index in [1.807, 2.05) is 0 Å². The molecule has 106 valence electrons. The maximum atomic E-state index is 12.2. The van der Waals surface area contributed by atoms with Gasteiger partial charge in [-0.2, -0.15) is 0 Å². The Kier molecular flexibility index (Phi) is 3.91. The molecule has 7 nitrogen and oxygen atoms in total. The number of sulfonamides is 1. The van der Waals surface area contributed by atoms with Crippen LogP contribution in [0.25, 0.3) is 0 Å². The molecular formula is C11H11N3O4S2. The van der Waals surface area contributed by atoms with Gasteiger partial charge in [0.15, 0.2) is 5.00 Å². The molecule has 20 heavy (non-hydrogen) atoms. The zero-order valence-electron chi connectivity index (χ0n) is 10.4. The highest BCUT2D eigenvalue weighted by Gasteiger charge is 2.25. The Labute approximate surface area is 119 Å². The number of para-hydroxylation sites is 1. The average Bonchev–Trinajstić information content (AvgIpc) is 2.84. The highest BCUT2D eigenvalue weighted by molar-refractivity contribution is 7.94. The molecule has 9 heteroatoms. The second-order valence-electron chi connectivity index (χ2n) is 3.76. The maximum absolute atomic E-state index is 12.2. The van der Waals surface area contributed by atoms with Crippen LogP contribution >= 0.6 is 11.3 Å². The summed E-state index contributed by atoms with van der Waals surface area (Å²) in [5, 5.41) is 13.7. The van der Waals surface area contributed by atoms with Gasteiger partial charge in [-0.05, 0) is 12.1 Å². The third-order valence-electron chi connectivity index (χ3n) is 2.40. The second kappa shape index (κ2) is 5.47. The number of benzene rings is 1. The summed E-state index contributed by atoms with van der Waals surface area (Å²) in [5.74, 6) is 0. The van der Waals surface area contributed by atoms with Crippen LogP contribution in [0.2, 0.25) is 0 Å². The molecule has 0 unspecified atom stereocenters. The summed E-state index contributed by atoms with van der Waals surface area (Å²) in [6.07, 6.45) is 0. The fraction of sp³-hybridized carbons (Fsp3) is 0.0909. The van der Waals surface area contributed by atoms with E-state index in [1.54, 1.807) is 30.3 Å². The Hall–Kier alpha value is -2.13. The van der Waals surface area contributed by atoms with E-state index < -0.39 is 14.9 Å². The minimum Gasteiger partial charge on any atom is -0.374 e. The van der Waals surface area contributed by atoms with Crippen LogP contribution in [0.15, 0.2) is 40.6 Å². The van der Waals surface area contributed by atoms with Gasteiger partial charge < -0.3 is 5.32 Å². The molecule has 0 fully saturated rings. The summed E-state index contributed by atoms with van der Waals surface area (Å²) < 4.78 is 26.6. The van der Waals surface area contributed by atoms with Gasteiger partial charge in [0.2, 0.25) is 0 Å². The number of nitrogens with zero attached hydrogens (tertiary/aromatic N) is 1. The van der Waals surface area contributed by atoms with Gasteiger partial charge >= 0.3 is 5.69 Å². The van der Waals surface area contributed by atoms with Crippen LogP contribution in [0.3, 0.4) is 0 Å². The Morgan fingerprint density at radius 1 is 1.25 bits per heavy atom. The monoisotopic (exact) mass is 313 g/mol. The van der Waals surface area contributed by atoms with Crippen molar-refractivity contribution < 1.29 is 13.3 Å². The van der Waals surface area contributed by atoms with Gasteiger partial charge in [0.25, 0.3) is 10.0 Å². The molecule has 2 N–H and O–H groups in total. The van der Waals surface area contributed by atoms with Gasteiger partial charge in [-0.15, -0.1) is 0 Å². The zero-order valence-corrected chi connectivity index (χ0v) is 12.0. The molecule has 0 spiro atoms. The first-order valence-corrected chi connectivity index (χ1v) is 7.78. The van der Waals surface area contributed by atoms with Gasteiger partial charge in [-0.1, -0.05) is 29.5 Å². The van der Waals surface area contributed by atoms with Crippen molar-refractivity contribution >= 4 is 37.7 Å². The third kappa shape index (κ3) is 2.89. The molecule has 0 saturated carbocycles. The standard InChI is InChI=1S/C11H11N3O4S2/c1-12-11-9(14(15)16)7-10(19-11)20(17,18)13-8-5-3-2-4-6-8/h2-7,12-13H,1H3. The lowest BCUT2D eigenvalue weighted by Gasteiger charge is -2.04. The summed E-state index contributed by atoms with van der Waals surface area (Å²) in [4.78, 5) is 10.2. The number of nitro groups is 1. The van der Waals surface area contributed by atoms with E-state index in [0.29, 0.717) is 5.69 Å². The number of rotatable bonds is 5. The predicted octanol–water partition coefficient (Wildman–Crippen LogP) is 2.50. The summed E-state index contributed by atoms with van der Waals surface area (Å²) in [6, 6.07) is 9.37. The van der Waals surface area contributed by atoms with E-state index in [4.69, 9.17) is 0 Å². The van der Waals surface area contributed by atoms with Crippen molar-refractivity contribution in [3.05, 3.63) is 46.5 Å². The third-order valence-corrected chi connectivity index (χ3v) is 5.40. The molecule has 2 rings (SSSR count). The molecule has 0 bridgehead atoms. The van der Waals surface area contributed by atoms with Crippen LogP contribution in [-0.4, -0.2) is 20.4 Å². The quantitative estimate of drug-likeness (QED) is 0.652. The van der Waals surface area contributed by atoms with E-state index >= 15 is 0 Å². The lowest BCUT2D eigenvalue weighted by molar-refractivity contribution is -0.383. The van der Waals surface area contributed by atoms with Crippen LogP contribution < -0.4 is 10.0 Å². The first-order valence-electron chi connectivity index (χ1n) is 5.48. The van der Waals surface area contributed by atoms with Crippen molar-refractivity contribution in [2.75, 3.05) is 17.1 Å². The normalized spacial score (nSPS) is 11.1. The van der Waals surface area contributed by atoms with Gasteiger partial charge in [0, 0.05) is 18.8 Å².